The van der Waals surface area contributed by atoms with Crippen LogP contribution >= 0.6 is 11.3 Å². The fraction of sp³-hybridized carbons (Fsp3) is 0.312. The van der Waals surface area contributed by atoms with E-state index in [0.29, 0.717) is 17.2 Å². The van der Waals surface area contributed by atoms with E-state index in [0.717, 1.165) is 24.2 Å². The second kappa shape index (κ2) is 7.43. The lowest BCUT2D eigenvalue weighted by atomic mass is 10.2. The lowest BCUT2D eigenvalue weighted by Gasteiger charge is -2.10. The molecule has 6 nitrogen and oxygen atoms in total. The smallest absolute Gasteiger partial charge is 0.265 e. The van der Waals surface area contributed by atoms with Crippen LogP contribution in [0.3, 0.4) is 0 Å². The SMILES string of the molecule is O=C(Nc1ccccc1)c1cc(S(=O)(=O)NC[C@H]2CCCO2)cs1. The maximum Gasteiger partial charge on any atom is 0.265 e. The van der Waals surface area contributed by atoms with Gasteiger partial charge in [-0.3, -0.25) is 4.79 Å². The molecule has 2 aromatic rings. The van der Waals surface area contributed by atoms with Crippen molar-refractivity contribution in [1.29, 1.82) is 0 Å². The van der Waals surface area contributed by atoms with Crippen molar-refractivity contribution in [2.75, 3.05) is 18.5 Å². The summed E-state index contributed by atoms with van der Waals surface area (Å²) >= 11 is 1.10. The van der Waals surface area contributed by atoms with Gasteiger partial charge in [0.2, 0.25) is 10.0 Å². The largest absolute Gasteiger partial charge is 0.377 e. The highest BCUT2D eigenvalue weighted by molar-refractivity contribution is 7.89. The summed E-state index contributed by atoms with van der Waals surface area (Å²) in [5.74, 6) is -0.327. The first-order valence-corrected chi connectivity index (χ1v) is 9.97. The third kappa shape index (κ3) is 4.21. The molecule has 1 aliphatic rings. The number of benzene rings is 1. The Morgan fingerprint density at radius 1 is 1.29 bits per heavy atom. The van der Waals surface area contributed by atoms with Crippen LogP contribution in [0.25, 0.3) is 0 Å². The predicted molar refractivity (Wildman–Crippen MR) is 92.9 cm³/mol. The molecule has 1 fully saturated rings. The highest BCUT2D eigenvalue weighted by atomic mass is 32.2. The summed E-state index contributed by atoms with van der Waals surface area (Å²) in [5, 5.41) is 4.21. The van der Waals surface area contributed by atoms with Crippen molar-refractivity contribution in [3.8, 4) is 0 Å². The molecule has 1 aromatic carbocycles. The van der Waals surface area contributed by atoms with E-state index in [2.05, 4.69) is 10.0 Å². The van der Waals surface area contributed by atoms with Gasteiger partial charge < -0.3 is 10.1 Å². The minimum absolute atomic E-state index is 0.0701. The number of ether oxygens (including phenoxy) is 1. The normalized spacial score (nSPS) is 17.8. The topological polar surface area (TPSA) is 84.5 Å². The minimum Gasteiger partial charge on any atom is -0.377 e. The molecule has 1 atom stereocenters. The maximum absolute atomic E-state index is 12.3. The Morgan fingerprint density at radius 3 is 2.79 bits per heavy atom. The van der Waals surface area contributed by atoms with Crippen LogP contribution in [-0.4, -0.2) is 33.6 Å². The molecule has 0 radical (unpaired) electrons. The second-order valence-corrected chi connectivity index (χ2v) is 8.13. The summed E-state index contributed by atoms with van der Waals surface area (Å²) in [6, 6.07) is 10.4. The molecular formula is C16H18N2O4S2. The van der Waals surface area contributed by atoms with Crippen LogP contribution in [0.1, 0.15) is 22.5 Å². The highest BCUT2D eigenvalue weighted by Crippen LogP contribution is 2.21. The molecular weight excluding hydrogens is 348 g/mol. The van der Waals surface area contributed by atoms with E-state index in [4.69, 9.17) is 4.74 Å². The minimum atomic E-state index is -3.63. The second-order valence-electron chi connectivity index (χ2n) is 5.45. The molecule has 128 valence electrons. The zero-order chi connectivity index (χ0) is 17.0. The molecule has 8 heteroatoms. The molecule has 1 amide bonds. The van der Waals surface area contributed by atoms with Crippen molar-refractivity contribution in [3.63, 3.8) is 0 Å². The number of hydrogen-bond donors (Lipinski definition) is 2. The number of rotatable bonds is 6. The van der Waals surface area contributed by atoms with Crippen LogP contribution in [0.5, 0.6) is 0 Å². The highest BCUT2D eigenvalue weighted by Gasteiger charge is 2.22. The monoisotopic (exact) mass is 366 g/mol. The van der Waals surface area contributed by atoms with Crippen molar-refractivity contribution in [1.82, 2.24) is 4.72 Å². The fourth-order valence-electron chi connectivity index (χ4n) is 2.38. The summed E-state index contributed by atoms with van der Waals surface area (Å²) in [4.78, 5) is 12.6. The van der Waals surface area contributed by atoms with Gasteiger partial charge in [0.05, 0.1) is 15.9 Å². The van der Waals surface area contributed by atoms with Crippen molar-refractivity contribution in [2.45, 2.75) is 23.8 Å². The molecule has 3 rings (SSSR count). The molecule has 1 aliphatic heterocycles. The summed E-state index contributed by atoms with van der Waals surface area (Å²) in [6.07, 6.45) is 1.74. The number of para-hydroxylation sites is 1. The van der Waals surface area contributed by atoms with Gasteiger partial charge >= 0.3 is 0 Å². The first kappa shape index (κ1) is 17.1. The van der Waals surface area contributed by atoms with Crippen molar-refractivity contribution in [2.24, 2.45) is 0 Å². The number of carbonyl (C=O) groups excluding carboxylic acids is 1. The van der Waals surface area contributed by atoms with Crippen molar-refractivity contribution >= 4 is 33.0 Å². The zero-order valence-corrected chi connectivity index (χ0v) is 14.5. The molecule has 1 aromatic heterocycles. The van der Waals surface area contributed by atoms with Gasteiger partial charge in [0.25, 0.3) is 5.91 Å². The number of nitrogens with one attached hydrogen (secondary N) is 2. The number of thiophene rings is 1. The summed E-state index contributed by atoms with van der Waals surface area (Å²) in [7, 11) is -3.63. The standard InChI is InChI=1S/C16H18N2O4S2/c19-16(18-12-5-2-1-3-6-12)15-9-14(11-23-15)24(20,21)17-10-13-7-4-8-22-13/h1-3,5-6,9,11,13,17H,4,7-8,10H2,(H,18,19)/t13-/m1/s1. The van der Waals surface area contributed by atoms with E-state index in [1.165, 1.54) is 11.4 Å². The van der Waals surface area contributed by atoms with Crippen LogP contribution in [0.2, 0.25) is 0 Å². The van der Waals surface area contributed by atoms with Gasteiger partial charge in [-0.15, -0.1) is 11.3 Å². The van der Waals surface area contributed by atoms with Crippen LogP contribution in [0, 0.1) is 0 Å². The fourth-order valence-corrected chi connectivity index (χ4v) is 4.62. The first-order chi connectivity index (χ1) is 11.5. The predicted octanol–water partition coefficient (Wildman–Crippen LogP) is 2.46. The molecule has 2 heterocycles. The number of amides is 1. The Morgan fingerprint density at radius 2 is 2.08 bits per heavy atom. The van der Waals surface area contributed by atoms with E-state index in [-0.39, 0.29) is 23.5 Å². The van der Waals surface area contributed by atoms with Gasteiger partial charge in [0, 0.05) is 24.2 Å². The maximum atomic E-state index is 12.3. The number of carbonyl (C=O) groups is 1. The summed E-state index contributed by atoms with van der Waals surface area (Å²) in [6.45, 7) is 0.929. The Labute approximate surface area is 144 Å². The Bertz CT molecular complexity index is 796. The number of hydrogen-bond acceptors (Lipinski definition) is 5. The quantitative estimate of drug-likeness (QED) is 0.822. The average Bonchev–Trinajstić information content (AvgIpc) is 3.26. The number of anilines is 1. The summed E-state index contributed by atoms with van der Waals surface area (Å²) < 4.78 is 32.5. The van der Waals surface area contributed by atoms with Crippen molar-refractivity contribution in [3.05, 3.63) is 46.7 Å². The van der Waals surface area contributed by atoms with Gasteiger partial charge in [-0.1, -0.05) is 18.2 Å². The van der Waals surface area contributed by atoms with Gasteiger partial charge in [0.1, 0.15) is 0 Å². The van der Waals surface area contributed by atoms with Crippen LogP contribution in [-0.2, 0) is 14.8 Å². The molecule has 0 saturated carbocycles. The van der Waals surface area contributed by atoms with Crippen LogP contribution in [0.15, 0.2) is 46.7 Å². The molecule has 0 bridgehead atoms. The lowest BCUT2D eigenvalue weighted by Crippen LogP contribution is -2.31. The van der Waals surface area contributed by atoms with E-state index >= 15 is 0 Å². The molecule has 0 unspecified atom stereocenters. The molecule has 2 N–H and O–H groups in total. The first-order valence-electron chi connectivity index (χ1n) is 7.61. The van der Waals surface area contributed by atoms with Crippen LogP contribution < -0.4 is 10.0 Å². The Balaban J connectivity index is 1.64. The third-order valence-electron chi connectivity index (χ3n) is 3.67. The van der Waals surface area contributed by atoms with E-state index in [1.807, 2.05) is 18.2 Å². The average molecular weight is 366 g/mol. The van der Waals surface area contributed by atoms with Gasteiger partial charge in [0.15, 0.2) is 0 Å². The Kier molecular flexibility index (Phi) is 5.30. The van der Waals surface area contributed by atoms with E-state index in [1.54, 1.807) is 12.1 Å². The van der Waals surface area contributed by atoms with Crippen molar-refractivity contribution < 1.29 is 17.9 Å². The van der Waals surface area contributed by atoms with E-state index < -0.39 is 10.0 Å². The molecule has 24 heavy (non-hydrogen) atoms. The number of sulfonamides is 1. The third-order valence-corrected chi connectivity index (χ3v) is 6.15. The molecule has 0 aliphatic carbocycles. The van der Waals surface area contributed by atoms with Gasteiger partial charge in [-0.25, -0.2) is 13.1 Å². The van der Waals surface area contributed by atoms with Crippen LogP contribution in [0.4, 0.5) is 5.69 Å². The van der Waals surface area contributed by atoms with Gasteiger partial charge in [-0.2, -0.15) is 0 Å². The van der Waals surface area contributed by atoms with Gasteiger partial charge in [-0.05, 0) is 31.0 Å². The lowest BCUT2D eigenvalue weighted by molar-refractivity contribution is 0.103. The molecule has 0 spiro atoms. The zero-order valence-electron chi connectivity index (χ0n) is 12.9. The molecule has 1 saturated heterocycles. The summed E-state index contributed by atoms with van der Waals surface area (Å²) in [5.41, 5.74) is 0.664. The Hall–Kier alpha value is -1.74. The van der Waals surface area contributed by atoms with E-state index in [9.17, 15) is 13.2 Å².